The zero-order valence-corrected chi connectivity index (χ0v) is 10.3. The Kier molecular flexibility index (Phi) is 3.84. The molecule has 1 unspecified atom stereocenters. The second-order valence-electron chi connectivity index (χ2n) is 4.27. The van der Waals surface area contributed by atoms with Crippen LogP contribution in [0, 0.1) is 5.82 Å². The van der Waals surface area contributed by atoms with Gasteiger partial charge in [0.2, 0.25) is 0 Å². The van der Waals surface area contributed by atoms with Gasteiger partial charge in [-0.05, 0) is 19.4 Å². The van der Waals surface area contributed by atoms with Crippen molar-refractivity contribution in [1.82, 2.24) is 5.32 Å². The van der Waals surface area contributed by atoms with E-state index in [2.05, 4.69) is 5.32 Å². The monoisotopic (exact) mass is 239 g/mol. The minimum absolute atomic E-state index is 0.185. The van der Waals surface area contributed by atoms with E-state index >= 15 is 0 Å². The number of ether oxygens (including phenoxy) is 2. The Morgan fingerprint density at radius 2 is 2.12 bits per heavy atom. The first kappa shape index (κ1) is 12.2. The molecule has 0 spiro atoms. The lowest BCUT2D eigenvalue weighted by molar-refractivity contribution is 0.369. The Bertz CT molecular complexity index is 389. The van der Waals surface area contributed by atoms with Crippen LogP contribution in [-0.4, -0.2) is 27.3 Å². The molecule has 94 valence electrons. The molecule has 1 atom stereocenters. The molecule has 1 aliphatic rings. The predicted octanol–water partition coefficient (Wildman–Crippen LogP) is 2.31. The molecule has 1 aromatic carbocycles. The first-order valence-electron chi connectivity index (χ1n) is 5.88. The van der Waals surface area contributed by atoms with Crippen molar-refractivity contribution in [3.8, 4) is 11.5 Å². The van der Waals surface area contributed by atoms with Crippen LogP contribution in [0.25, 0.3) is 0 Å². The maximum absolute atomic E-state index is 14.1. The van der Waals surface area contributed by atoms with Crippen LogP contribution < -0.4 is 14.8 Å². The fourth-order valence-corrected chi connectivity index (χ4v) is 2.35. The number of nitrogens with one attached hydrogen (secondary N) is 1. The van der Waals surface area contributed by atoms with Gasteiger partial charge in [0.25, 0.3) is 0 Å². The normalized spacial score (nSPS) is 20.1. The third-order valence-corrected chi connectivity index (χ3v) is 3.23. The van der Waals surface area contributed by atoms with Crippen LogP contribution in [0.4, 0.5) is 4.39 Å². The molecule has 1 heterocycles. The van der Waals surface area contributed by atoms with Gasteiger partial charge in [-0.1, -0.05) is 0 Å². The molecule has 17 heavy (non-hydrogen) atoms. The van der Waals surface area contributed by atoms with Gasteiger partial charge in [-0.25, -0.2) is 4.39 Å². The summed E-state index contributed by atoms with van der Waals surface area (Å²) in [5.74, 6) is 1.02. The SMILES string of the molecule is COc1cc(F)c(C2CCCNC2)c(OC)c1. The zero-order valence-electron chi connectivity index (χ0n) is 10.3. The number of hydrogen-bond donors (Lipinski definition) is 1. The average molecular weight is 239 g/mol. The highest BCUT2D eigenvalue weighted by Gasteiger charge is 2.23. The minimum atomic E-state index is -0.241. The Balaban J connectivity index is 2.36. The zero-order chi connectivity index (χ0) is 12.3. The van der Waals surface area contributed by atoms with Crippen molar-refractivity contribution in [3.05, 3.63) is 23.5 Å². The average Bonchev–Trinajstić information content (AvgIpc) is 2.38. The molecule has 0 aromatic heterocycles. The molecule has 1 aliphatic heterocycles. The Morgan fingerprint density at radius 1 is 1.29 bits per heavy atom. The van der Waals surface area contributed by atoms with Gasteiger partial charge in [-0.2, -0.15) is 0 Å². The van der Waals surface area contributed by atoms with Gasteiger partial charge in [0.15, 0.2) is 0 Å². The lowest BCUT2D eigenvalue weighted by Crippen LogP contribution is -2.29. The summed E-state index contributed by atoms with van der Waals surface area (Å²) in [6, 6.07) is 3.17. The quantitative estimate of drug-likeness (QED) is 0.878. The second kappa shape index (κ2) is 5.36. The highest BCUT2D eigenvalue weighted by atomic mass is 19.1. The van der Waals surface area contributed by atoms with Crippen LogP contribution in [0.3, 0.4) is 0 Å². The predicted molar refractivity (Wildman–Crippen MR) is 64.3 cm³/mol. The second-order valence-corrected chi connectivity index (χ2v) is 4.27. The molecule has 1 N–H and O–H groups in total. The topological polar surface area (TPSA) is 30.5 Å². The van der Waals surface area contributed by atoms with E-state index in [4.69, 9.17) is 9.47 Å². The van der Waals surface area contributed by atoms with Crippen molar-refractivity contribution in [2.45, 2.75) is 18.8 Å². The van der Waals surface area contributed by atoms with Gasteiger partial charge in [0.1, 0.15) is 17.3 Å². The van der Waals surface area contributed by atoms with Gasteiger partial charge in [0.05, 0.1) is 14.2 Å². The Hall–Kier alpha value is -1.29. The first-order valence-corrected chi connectivity index (χ1v) is 5.88. The maximum Gasteiger partial charge on any atom is 0.134 e. The number of benzene rings is 1. The molecular formula is C13H18FNO2. The summed E-state index contributed by atoms with van der Waals surface area (Å²) < 4.78 is 24.4. The molecule has 2 rings (SSSR count). The lowest BCUT2D eigenvalue weighted by atomic mass is 9.90. The first-order chi connectivity index (χ1) is 8.26. The van der Waals surface area contributed by atoms with E-state index in [1.54, 1.807) is 13.2 Å². The highest BCUT2D eigenvalue weighted by molar-refractivity contribution is 5.44. The van der Waals surface area contributed by atoms with E-state index in [1.165, 1.54) is 13.2 Å². The van der Waals surface area contributed by atoms with Crippen LogP contribution in [0.15, 0.2) is 12.1 Å². The van der Waals surface area contributed by atoms with Crippen molar-refractivity contribution < 1.29 is 13.9 Å². The summed E-state index contributed by atoms with van der Waals surface area (Å²) >= 11 is 0. The van der Waals surface area contributed by atoms with Gasteiger partial charge in [-0.15, -0.1) is 0 Å². The fourth-order valence-electron chi connectivity index (χ4n) is 2.35. The summed E-state index contributed by atoms with van der Waals surface area (Å²) in [4.78, 5) is 0. The molecular weight excluding hydrogens is 221 g/mol. The van der Waals surface area contributed by atoms with Crippen molar-refractivity contribution in [1.29, 1.82) is 0 Å². The Morgan fingerprint density at radius 3 is 2.71 bits per heavy atom. The van der Waals surface area contributed by atoms with Crippen LogP contribution in [-0.2, 0) is 0 Å². The van der Waals surface area contributed by atoms with Gasteiger partial charge >= 0.3 is 0 Å². The van der Waals surface area contributed by atoms with Crippen molar-refractivity contribution in [2.75, 3.05) is 27.3 Å². The summed E-state index contributed by atoms with van der Waals surface area (Å²) in [5.41, 5.74) is 0.667. The van der Waals surface area contributed by atoms with Crippen LogP contribution in [0.2, 0.25) is 0 Å². The van der Waals surface area contributed by atoms with Gasteiger partial charge < -0.3 is 14.8 Å². The third-order valence-electron chi connectivity index (χ3n) is 3.23. The number of rotatable bonds is 3. The van der Waals surface area contributed by atoms with Crippen LogP contribution in [0.1, 0.15) is 24.3 Å². The number of hydrogen-bond acceptors (Lipinski definition) is 3. The molecule has 0 amide bonds. The summed E-state index contributed by atoms with van der Waals surface area (Å²) in [7, 11) is 3.09. The Labute approximate surface area is 101 Å². The summed E-state index contributed by atoms with van der Waals surface area (Å²) in [6.45, 7) is 1.82. The molecule has 1 aromatic rings. The van der Waals surface area contributed by atoms with Crippen molar-refractivity contribution in [3.63, 3.8) is 0 Å². The molecule has 0 saturated carbocycles. The minimum Gasteiger partial charge on any atom is -0.497 e. The van der Waals surface area contributed by atoms with Crippen LogP contribution >= 0.6 is 0 Å². The highest BCUT2D eigenvalue weighted by Crippen LogP contribution is 2.36. The number of methoxy groups -OCH3 is 2. The van der Waals surface area contributed by atoms with E-state index in [0.29, 0.717) is 17.1 Å². The van der Waals surface area contributed by atoms with Gasteiger partial charge in [0, 0.05) is 30.2 Å². The molecule has 1 saturated heterocycles. The van der Waals surface area contributed by atoms with Gasteiger partial charge in [-0.3, -0.25) is 0 Å². The smallest absolute Gasteiger partial charge is 0.134 e. The summed E-state index contributed by atoms with van der Waals surface area (Å²) in [5, 5.41) is 3.29. The number of piperidine rings is 1. The molecule has 4 heteroatoms. The molecule has 0 bridgehead atoms. The van der Waals surface area contributed by atoms with E-state index < -0.39 is 0 Å². The van der Waals surface area contributed by atoms with Crippen LogP contribution in [0.5, 0.6) is 11.5 Å². The van der Waals surface area contributed by atoms with E-state index in [-0.39, 0.29) is 11.7 Å². The molecule has 0 aliphatic carbocycles. The molecule has 3 nitrogen and oxygen atoms in total. The fraction of sp³-hybridized carbons (Fsp3) is 0.538. The molecule has 0 radical (unpaired) electrons. The van der Waals surface area contributed by atoms with E-state index in [1.807, 2.05) is 0 Å². The largest absolute Gasteiger partial charge is 0.497 e. The van der Waals surface area contributed by atoms with E-state index in [9.17, 15) is 4.39 Å². The maximum atomic E-state index is 14.1. The summed E-state index contributed by atoms with van der Waals surface area (Å²) in [6.07, 6.45) is 2.06. The molecule has 1 fully saturated rings. The standard InChI is InChI=1S/C13H18FNO2/c1-16-10-6-11(14)13(12(7-10)17-2)9-4-3-5-15-8-9/h6-7,9,15H,3-5,8H2,1-2H3. The number of halogens is 1. The van der Waals surface area contributed by atoms with Crippen molar-refractivity contribution in [2.24, 2.45) is 0 Å². The third kappa shape index (κ3) is 2.52. The lowest BCUT2D eigenvalue weighted by Gasteiger charge is -2.25. The van der Waals surface area contributed by atoms with Crippen molar-refractivity contribution >= 4 is 0 Å². The van der Waals surface area contributed by atoms with E-state index in [0.717, 1.165) is 25.9 Å².